The predicted molar refractivity (Wildman–Crippen MR) is 73.4 cm³/mol. The van der Waals surface area contributed by atoms with Crippen LogP contribution in [0.15, 0.2) is 0 Å². The number of amides is 1. The number of rotatable bonds is 7. The van der Waals surface area contributed by atoms with Gasteiger partial charge in [-0.1, -0.05) is 27.7 Å². The van der Waals surface area contributed by atoms with Crippen LogP contribution in [0, 0.1) is 17.3 Å². The molecule has 0 aliphatic carbocycles. The van der Waals surface area contributed by atoms with Gasteiger partial charge in [0.15, 0.2) is 0 Å². The molecule has 4 nitrogen and oxygen atoms in total. The van der Waals surface area contributed by atoms with E-state index in [1.165, 1.54) is 0 Å². The molecule has 1 atom stereocenters. The summed E-state index contributed by atoms with van der Waals surface area (Å²) in [4.78, 5) is 12.3. The van der Waals surface area contributed by atoms with Crippen LogP contribution in [0.5, 0.6) is 0 Å². The summed E-state index contributed by atoms with van der Waals surface area (Å²) < 4.78 is 5.47. The Morgan fingerprint density at radius 2 is 2.11 bits per heavy atom. The molecule has 1 amide bonds. The molecule has 0 bridgehead atoms. The number of hydrogen-bond acceptors (Lipinski definition) is 3. The Balaban J connectivity index is 2.30. The highest BCUT2D eigenvalue weighted by atomic mass is 16.5. The Kier molecular flexibility index (Phi) is 6.09. The highest BCUT2D eigenvalue weighted by molar-refractivity contribution is 5.83. The first-order valence-corrected chi connectivity index (χ1v) is 7.06. The third-order valence-corrected chi connectivity index (χ3v) is 3.73. The summed E-state index contributed by atoms with van der Waals surface area (Å²) in [6, 6.07) is 0. The van der Waals surface area contributed by atoms with Crippen LogP contribution in [0.1, 0.15) is 34.1 Å². The summed E-state index contributed by atoms with van der Waals surface area (Å²) >= 11 is 0. The highest BCUT2D eigenvalue weighted by Crippen LogP contribution is 2.34. The van der Waals surface area contributed by atoms with Crippen molar-refractivity contribution in [1.82, 2.24) is 10.6 Å². The van der Waals surface area contributed by atoms with Crippen LogP contribution in [0.4, 0.5) is 0 Å². The molecule has 1 aliphatic rings. The molecule has 4 heteroatoms. The molecular weight excluding hydrogens is 228 g/mol. The van der Waals surface area contributed by atoms with Gasteiger partial charge in [-0.3, -0.25) is 4.79 Å². The van der Waals surface area contributed by atoms with Gasteiger partial charge < -0.3 is 15.4 Å². The smallest absolute Gasteiger partial charge is 0.227 e. The molecule has 1 aliphatic heterocycles. The van der Waals surface area contributed by atoms with Gasteiger partial charge in [0.2, 0.25) is 5.91 Å². The van der Waals surface area contributed by atoms with Crippen LogP contribution >= 0.6 is 0 Å². The van der Waals surface area contributed by atoms with Crippen LogP contribution in [-0.4, -0.2) is 38.8 Å². The summed E-state index contributed by atoms with van der Waals surface area (Å²) in [5, 5.41) is 6.32. The zero-order chi connectivity index (χ0) is 13.6. The zero-order valence-corrected chi connectivity index (χ0v) is 12.2. The first-order chi connectivity index (χ1) is 8.49. The molecule has 1 rings (SSSR count). The van der Waals surface area contributed by atoms with E-state index in [-0.39, 0.29) is 11.3 Å². The molecule has 0 saturated carbocycles. The summed E-state index contributed by atoms with van der Waals surface area (Å²) in [7, 11) is 0. The second kappa shape index (κ2) is 7.10. The molecule has 1 unspecified atom stereocenters. The van der Waals surface area contributed by atoms with E-state index in [0.717, 1.165) is 26.1 Å². The summed E-state index contributed by atoms with van der Waals surface area (Å²) in [5.41, 5.74) is -0.224. The van der Waals surface area contributed by atoms with Gasteiger partial charge in [-0.2, -0.15) is 0 Å². The second-order valence-corrected chi connectivity index (χ2v) is 5.96. The number of nitrogens with one attached hydrogen (secondary N) is 2. The molecule has 0 spiro atoms. The minimum atomic E-state index is -0.224. The Morgan fingerprint density at radius 1 is 1.39 bits per heavy atom. The van der Waals surface area contributed by atoms with Crippen molar-refractivity contribution in [1.29, 1.82) is 0 Å². The lowest BCUT2D eigenvalue weighted by Crippen LogP contribution is -2.46. The Labute approximate surface area is 111 Å². The SMILES string of the molecule is CC(C)COCCNC(=O)C1(C(C)C)CCNC1. The van der Waals surface area contributed by atoms with Gasteiger partial charge in [0.1, 0.15) is 0 Å². The fourth-order valence-electron chi connectivity index (χ4n) is 2.39. The van der Waals surface area contributed by atoms with Crippen molar-refractivity contribution in [2.45, 2.75) is 34.1 Å². The number of carbonyl (C=O) groups excluding carboxylic acids is 1. The van der Waals surface area contributed by atoms with E-state index in [4.69, 9.17) is 4.74 Å². The fourth-order valence-corrected chi connectivity index (χ4v) is 2.39. The Bertz CT molecular complexity index is 259. The van der Waals surface area contributed by atoms with E-state index in [9.17, 15) is 4.79 Å². The summed E-state index contributed by atoms with van der Waals surface area (Å²) in [6.07, 6.45) is 0.934. The summed E-state index contributed by atoms with van der Waals surface area (Å²) in [5.74, 6) is 1.08. The molecule has 0 radical (unpaired) electrons. The Hall–Kier alpha value is -0.610. The maximum absolute atomic E-state index is 12.3. The van der Waals surface area contributed by atoms with Crippen LogP contribution in [-0.2, 0) is 9.53 Å². The number of ether oxygens (including phenoxy) is 1. The van der Waals surface area contributed by atoms with Gasteiger partial charge in [-0.15, -0.1) is 0 Å². The third-order valence-electron chi connectivity index (χ3n) is 3.73. The van der Waals surface area contributed by atoms with Crippen LogP contribution < -0.4 is 10.6 Å². The van der Waals surface area contributed by atoms with Crippen LogP contribution in [0.3, 0.4) is 0 Å². The Morgan fingerprint density at radius 3 is 2.61 bits per heavy atom. The van der Waals surface area contributed by atoms with Crippen molar-refractivity contribution in [2.24, 2.45) is 17.3 Å². The molecule has 1 fully saturated rings. The third kappa shape index (κ3) is 3.95. The molecule has 18 heavy (non-hydrogen) atoms. The maximum Gasteiger partial charge on any atom is 0.227 e. The van der Waals surface area contributed by atoms with Crippen molar-refractivity contribution in [3.8, 4) is 0 Å². The second-order valence-electron chi connectivity index (χ2n) is 5.96. The van der Waals surface area contributed by atoms with E-state index in [1.54, 1.807) is 0 Å². The number of carbonyl (C=O) groups is 1. The average molecular weight is 256 g/mol. The predicted octanol–water partition coefficient (Wildman–Crippen LogP) is 1.41. The molecule has 0 aromatic carbocycles. The average Bonchev–Trinajstić information content (AvgIpc) is 2.78. The van der Waals surface area contributed by atoms with Gasteiger partial charge in [0, 0.05) is 19.7 Å². The quantitative estimate of drug-likeness (QED) is 0.677. The van der Waals surface area contributed by atoms with Gasteiger partial charge >= 0.3 is 0 Å². The lowest BCUT2D eigenvalue weighted by molar-refractivity contribution is -0.132. The van der Waals surface area contributed by atoms with Crippen molar-refractivity contribution < 1.29 is 9.53 Å². The van der Waals surface area contributed by atoms with Crippen LogP contribution in [0.2, 0.25) is 0 Å². The molecule has 0 aromatic rings. The van der Waals surface area contributed by atoms with Gasteiger partial charge in [-0.25, -0.2) is 0 Å². The van der Waals surface area contributed by atoms with Crippen molar-refractivity contribution in [3.63, 3.8) is 0 Å². The van der Waals surface area contributed by atoms with E-state index in [1.807, 2.05) is 0 Å². The fraction of sp³-hybridized carbons (Fsp3) is 0.929. The van der Waals surface area contributed by atoms with E-state index < -0.39 is 0 Å². The standard InChI is InChI=1S/C14H28N2O2/c1-11(2)9-18-8-7-16-13(17)14(12(3)4)5-6-15-10-14/h11-12,15H,5-10H2,1-4H3,(H,16,17). The van der Waals surface area contributed by atoms with E-state index in [0.29, 0.717) is 25.0 Å². The lowest BCUT2D eigenvalue weighted by Gasteiger charge is -2.31. The minimum Gasteiger partial charge on any atom is -0.379 e. The molecule has 1 saturated heterocycles. The van der Waals surface area contributed by atoms with Crippen molar-refractivity contribution in [3.05, 3.63) is 0 Å². The van der Waals surface area contributed by atoms with Crippen molar-refractivity contribution in [2.75, 3.05) is 32.8 Å². The normalized spacial score (nSPS) is 23.9. The first kappa shape index (κ1) is 15.4. The lowest BCUT2D eigenvalue weighted by atomic mass is 9.75. The molecule has 106 valence electrons. The maximum atomic E-state index is 12.3. The highest BCUT2D eigenvalue weighted by Gasteiger charge is 2.43. The van der Waals surface area contributed by atoms with Gasteiger partial charge in [0.05, 0.1) is 12.0 Å². The number of hydrogen-bond donors (Lipinski definition) is 2. The monoisotopic (exact) mass is 256 g/mol. The van der Waals surface area contributed by atoms with Crippen molar-refractivity contribution >= 4 is 5.91 Å². The molecule has 0 aromatic heterocycles. The largest absolute Gasteiger partial charge is 0.379 e. The zero-order valence-electron chi connectivity index (χ0n) is 12.2. The van der Waals surface area contributed by atoms with E-state index in [2.05, 4.69) is 38.3 Å². The molecule has 2 N–H and O–H groups in total. The summed E-state index contributed by atoms with van der Waals surface area (Å²) in [6.45, 7) is 12.2. The van der Waals surface area contributed by atoms with Gasteiger partial charge in [0.25, 0.3) is 0 Å². The van der Waals surface area contributed by atoms with Gasteiger partial charge in [-0.05, 0) is 24.8 Å². The van der Waals surface area contributed by atoms with Crippen LogP contribution in [0.25, 0.3) is 0 Å². The molecular formula is C14H28N2O2. The van der Waals surface area contributed by atoms with E-state index >= 15 is 0 Å². The topological polar surface area (TPSA) is 50.4 Å². The molecule has 1 heterocycles. The first-order valence-electron chi connectivity index (χ1n) is 7.06. The minimum absolute atomic E-state index is 0.177.